The van der Waals surface area contributed by atoms with Gasteiger partial charge in [-0.25, -0.2) is 4.79 Å². The van der Waals surface area contributed by atoms with E-state index in [9.17, 15) is 9.59 Å². The molecule has 1 amide bonds. The van der Waals surface area contributed by atoms with Gasteiger partial charge in [0, 0.05) is 42.9 Å². The Kier molecular flexibility index (Phi) is 7.85. The topological polar surface area (TPSA) is 72.0 Å². The first-order valence-corrected chi connectivity index (χ1v) is 12.3. The molecule has 4 rings (SSSR count). The molecule has 1 fully saturated rings. The largest absolute Gasteiger partial charge is 0.497 e. The van der Waals surface area contributed by atoms with E-state index in [1.807, 2.05) is 55.5 Å². The van der Waals surface area contributed by atoms with Gasteiger partial charge in [0.05, 0.1) is 18.2 Å². The second-order valence-corrected chi connectivity index (χ2v) is 8.67. The van der Waals surface area contributed by atoms with Crippen molar-refractivity contribution < 1.29 is 19.1 Å². The fourth-order valence-electron chi connectivity index (χ4n) is 4.66. The zero-order valence-corrected chi connectivity index (χ0v) is 20.8. The number of para-hydroxylation sites is 1. The number of nitrogens with zero attached hydrogens (tertiary/aromatic N) is 3. The number of methoxy groups -OCH3 is 1. The van der Waals surface area contributed by atoms with Gasteiger partial charge in [0.15, 0.2) is 6.61 Å². The summed E-state index contributed by atoms with van der Waals surface area (Å²) in [6.45, 7) is 6.48. The van der Waals surface area contributed by atoms with Gasteiger partial charge in [0.2, 0.25) is 0 Å². The summed E-state index contributed by atoms with van der Waals surface area (Å²) >= 11 is 0. The molecule has 1 aliphatic heterocycles. The van der Waals surface area contributed by atoms with Crippen LogP contribution in [0.15, 0.2) is 48.5 Å². The lowest BCUT2D eigenvalue weighted by molar-refractivity contribution is -0.134. The van der Waals surface area contributed by atoms with Gasteiger partial charge in [-0.2, -0.15) is 0 Å². The molecule has 0 spiro atoms. The van der Waals surface area contributed by atoms with Crippen molar-refractivity contribution >= 4 is 28.5 Å². The zero-order valence-electron chi connectivity index (χ0n) is 20.8. The minimum absolute atomic E-state index is 0.169. The van der Waals surface area contributed by atoms with Crippen molar-refractivity contribution in [2.75, 3.05) is 44.8 Å². The highest BCUT2D eigenvalue weighted by Crippen LogP contribution is 2.26. The van der Waals surface area contributed by atoms with E-state index in [0.717, 1.165) is 59.5 Å². The summed E-state index contributed by atoms with van der Waals surface area (Å²) in [5, 5.41) is 0.773. The number of amides is 1. The first-order valence-electron chi connectivity index (χ1n) is 12.3. The second kappa shape index (κ2) is 11.2. The Morgan fingerprint density at radius 2 is 1.69 bits per heavy atom. The lowest BCUT2D eigenvalue weighted by atomic mass is 9.96. The lowest BCUT2D eigenvalue weighted by Crippen LogP contribution is -2.49. The van der Waals surface area contributed by atoms with Crippen LogP contribution in [-0.2, 0) is 22.4 Å². The van der Waals surface area contributed by atoms with Crippen molar-refractivity contribution in [1.82, 2.24) is 9.88 Å². The van der Waals surface area contributed by atoms with Crippen molar-refractivity contribution in [3.63, 3.8) is 0 Å². The van der Waals surface area contributed by atoms with Crippen LogP contribution in [0.4, 0.5) is 5.69 Å². The molecule has 0 bridgehead atoms. The molecule has 2 heterocycles. The average molecular weight is 476 g/mol. The van der Waals surface area contributed by atoms with Crippen LogP contribution in [0, 0.1) is 0 Å². The van der Waals surface area contributed by atoms with E-state index < -0.39 is 5.97 Å². The number of piperazine rings is 1. The van der Waals surface area contributed by atoms with Crippen molar-refractivity contribution in [3.05, 3.63) is 65.4 Å². The Hall–Kier alpha value is -3.61. The number of hydrogen-bond acceptors (Lipinski definition) is 6. The van der Waals surface area contributed by atoms with Crippen LogP contribution in [-0.4, -0.2) is 61.7 Å². The van der Waals surface area contributed by atoms with Crippen LogP contribution in [0.5, 0.6) is 5.75 Å². The number of carbonyl (C=O) groups excluding carboxylic acids is 2. The molecule has 0 N–H and O–H groups in total. The molecule has 0 unspecified atom stereocenters. The summed E-state index contributed by atoms with van der Waals surface area (Å²) in [5.41, 5.74) is 4.27. The Morgan fingerprint density at radius 1 is 0.971 bits per heavy atom. The maximum atomic E-state index is 13.2. The fraction of sp³-hybridized carbons (Fsp3) is 0.393. The first-order chi connectivity index (χ1) is 17.0. The number of ether oxygens (including phenoxy) is 2. The summed E-state index contributed by atoms with van der Waals surface area (Å²) in [5.74, 6) is 0.195. The van der Waals surface area contributed by atoms with Gasteiger partial charge >= 0.3 is 5.97 Å². The molecule has 1 saturated heterocycles. The Morgan fingerprint density at radius 3 is 2.34 bits per heavy atom. The third-order valence-corrected chi connectivity index (χ3v) is 6.52. The number of fused-ring (bicyclic) bond motifs is 1. The number of carbonyl (C=O) groups is 2. The highest BCUT2D eigenvalue weighted by atomic mass is 16.5. The highest BCUT2D eigenvalue weighted by Gasteiger charge is 2.25. The van der Waals surface area contributed by atoms with Gasteiger partial charge in [-0.3, -0.25) is 9.78 Å². The predicted octanol–water partition coefficient (Wildman–Crippen LogP) is 4.26. The van der Waals surface area contributed by atoms with E-state index in [1.165, 1.54) is 0 Å². The SMILES string of the molecule is CCCc1nc2ccccc2c(C(=O)OCC(=O)N2CCN(c3ccc(OC)cc3)CC2)c1CC. The third-order valence-electron chi connectivity index (χ3n) is 6.52. The quantitative estimate of drug-likeness (QED) is 0.453. The molecule has 1 aliphatic rings. The van der Waals surface area contributed by atoms with Crippen LogP contribution in [0.1, 0.15) is 41.9 Å². The Labute approximate surface area is 206 Å². The monoisotopic (exact) mass is 475 g/mol. The van der Waals surface area contributed by atoms with E-state index in [4.69, 9.17) is 14.5 Å². The van der Waals surface area contributed by atoms with E-state index in [0.29, 0.717) is 25.1 Å². The second-order valence-electron chi connectivity index (χ2n) is 8.67. The van der Waals surface area contributed by atoms with Gasteiger partial charge < -0.3 is 19.3 Å². The van der Waals surface area contributed by atoms with Crippen LogP contribution in [0.25, 0.3) is 10.9 Å². The molecule has 0 atom stereocenters. The van der Waals surface area contributed by atoms with Crippen LogP contribution in [0.2, 0.25) is 0 Å². The molecule has 3 aromatic rings. The van der Waals surface area contributed by atoms with Crippen LogP contribution < -0.4 is 9.64 Å². The van der Waals surface area contributed by atoms with E-state index in [-0.39, 0.29) is 12.5 Å². The summed E-state index contributed by atoms with van der Waals surface area (Å²) in [6, 6.07) is 15.5. The normalized spacial score (nSPS) is 13.7. The van der Waals surface area contributed by atoms with Gasteiger partial charge in [-0.15, -0.1) is 0 Å². The molecule has 184 valence electrons. The molecule has 0 aliphatic carbocycles. The van der Waals surface area contributed by atoms with Crippen molar-refractivity contribution in [1.29, 1.82) is 0 Å². The number of benzene rings is 2. The lowest BCUT2D eigenvalue weighted by Gasteiger charge is -2.36. The highest BCUT2D eigenvalue weighted by molar-refractivity contribution is 6.05. The predicted molar refractivity (Wildman–Crippen MR) is 137 cm³/mol. The van der Waals surface area contributed by atoms with E-state index >= 15 is 0 Å². The molecule has 1 aromatic heterocycles. The number of esters is 1. The third kappa shape index (κ3) is 5.39. The summed E-state index contributed by atoms with van der Waals surface area (Å²) < 4.78 is 10.8. The number of rotatable bonds is 8. The standard InChI is InChI=1S/C28H33N3O4/c1-4-8-24-22(5-2)27(23-9-6-7-10-25(23)29-24)28(33)35-19-26(32)31-17-15-30(16-18-31)20-11-13-21(34-3)14-12-20/h6-7,9-14H,4-5,8,15-19H2,1-3H3. The average Bonchev–Trinajstić information content (AvgIpc) is 2.91. The van der Waals surface area contributed by atoms with Gasteiger partial charge in [0.25, 0.3) is 5.91 Å². The smallest absolute Gasteiger partial charge is 0.339 e. The molecule has 2 aromatic carbocycles. The molecule has 7 nitrogen and oxygen atoms in total. The maximum Gasteiger partial charge on any atom is 0.339 e. The Bertz CT molecular complexity index is 1180. The Balaban J connectivity index is 1.41. The summed E-state index contributed by atoms with van der Waals surface area (Å²) in [6.07, 6.45) is 2.42. The van der Waals surface area contributed by atoms with Gasteiger partial charge in [0.1, 0.15) is 5.75 Å². The summed E-state index contributed by atoms with van der Waals surface area (Å²) in [4.78, 5) is 34.9. The zero-order chi connectivity index (χ0) is 24.8. The van der Waals surface area contributed by atoms with Crippen LogP contribution >= 0.6 is 0 Å². The van der Waals surface area contributed by atoms with Gasteiger partial charge in [-0.05, 0) is 48.7 Å². The number of pyridine rings is 1. The maximum absolute atomic E-state index is 13.2. The molecule has 35 heavy (non-hydrogen) atoms. The van der Waals surface area contributed by atoms with Crippen molar-refractivity contribution in [2.45, 2.75) is 33.1 Å². The van der Waals surface area contributed by atoms with Gasteiger partial charge in [-0.1, -0.05) is 38.5 Å². The number of anilines is 1. The fourth-order valence-corrected chi connectivity index (χ4v) is 4.66. The molecule has 0 radical (unpaired) electrons. The van der Waals surface area contributed by atoms with E-state index in [1.54, 1.807) is 12.0 Å². The molecular formula is C28H33N3O4. The number of aromatic nitrogens is 1. The molecule has 0 saturated carbocycles. The minimum Gasteiger partial charge on any atom is -0.497 e. The first kappa shape index (κ1) is 24.5. The van der Waals surface area contributed by atoms with Crippen molar-refractivity contribution in [2.24, 2.45) is 0 Å². The minimum atomic E-state index is -0.456. The molecular weight excluding hydrogens is 442 g/mol. The number of aryl methyl sites for hydroxylation is 1. The number of hydrogen-bond donors (Lipinski definition) is 0. The van der Waals surface area contributed by atoms with Crippen LogP contribution in [0.3, 0.4) is 0 Å². The summed E-state index contributed by atoms with van der Waals surface area (Å²) in [7, 11) is 1.65. The van der Waals surface area contributed by atoms with E-state index in [2.05, 4.69) is 11.8 Å². The molecule has 7 heteroatoms. The van der Waals surface area contributed by atoms with Crippen molar-refractivity contribution in [3.8, 4) is 5.75 Å².